The number of para-hydroxylation sites is 1. The van der Waals surface area contributed by atoms with Gasteiger partial charge in [-0.3, -0.25) is 4.79 Å². The third-order valence-electron chi connectivity index (χ3n) is 4.84. The number of hydrogen-bond acceptors (Lipinski definition) is 2. The standard InChI is InChI=1S/C13H18O2.C12H18O/c1-9(2)8-11-4-6-12(7-5-11)10(3)13(14)15;1-8(2)10-6-5-7-11(9(3)4)12(10)13/h4-7,9-10H,8H2,1-3H3,(H,14,15);5-9,13H,1-4H3. The summed E-state index contributed by atoms with van der Waals surface area (Å²) in [7, 11) is 0. The largest absolute Gasteiger partial charge is 0.507 e. The summed E-state index contributed by atoms with van der Waals surface area (Å²) in [5, 5.41) is 18.8. The van der Waals surface area contributed by atoms with Gasteiger partial charge in [-0.05, 0) is 53.4 Å². The molecule has 2 aromatic rings. The summed E-state index contributed by atoms with van der Waals surface area (Å²) in [6, 6.07) is 13.9. The lowest BCUT2D eigenvalue weighted by molar-refractivity contribution is -0.138. The molecule has 0 fully saturated rings. The molecule has 0 amide bonds. The van der Waals surface area contributed by atoms with Crippen LogP contribution >= 0.6 is 0 Å². The SMILES string of the molecule is CC(C)Cc1ccc(C(C)C(=O)O)cc1.CC(C)c1cccc(C(C)C)c1O. The second-order valence-corrected chi connectivity index (χ2v) is 8.49. The van der Waals surface area contributed by atoms with Gasteiger partial charge in [0.15, 0.2) is 0 Å². The van der Waals surface area contributed by atoms with Crippen molar-refractivity contribution in [3.63, 3.8) is 0 Å². The summed E-state index contributed by atoms with van der Waals surface area (Å²) in [6.45, 7) is 14.4. The quantitative estimate of drug-likeness (QED) is 0.582. The Kier molecular flexibility index (Phi) is 9.24. The maximum Gasteiger partial charge on any atom is 0.310 e. The van der Waals surface area contributed by atoms with E-state index in [1.807, 2.05) is 42.5 Å². The van der Waals surface area contributed by atoms with Crippen LogP contribution in [0.2, 0.25) is 0 Å². The van der Waals surface area contributed by atoms with Crippen molar-refractivity contribution in [3.05, 3.63) is 64.7 Å². The highest BCUT2D eigenvalue weighted by Gasteiger charge is 2.13. The Balaban J connectivity index is 0.000000283. The first-order valence-corrected chi connectivity index (χ1v) is 10.2. The van der Waals surface area contributed by atoms with Crippen molar-refractivity contribution in [2.24, 2.45) is 5.92 Å². The number of phenols is 1. The van der Waals surface area contributed by atoms with Gasteiger partial charge in [-0.15, -0.1) is 0 Å². The number of rotatable bonds is 6. The van der Waals surface area contributed by atoms with Crippen LogP contribution in [0.3, 0.4) is 0 Å². The van der Waals surface area contributed by atoms with Gasteiger partial charge in [-0.25, -0.2) is 0 Å². The molecule has 0 saturated heterocycles. The zero-order valence-electron chi connectivity index (χ0n) is 18.4. The number of phenolic OH excluding ortho intramolecular Hbond substituents is 1. The van der Waals surface area contributed by atoms with E-state index in [0.717, 1.165) is 23.1 Å². The molecule has 2 rings (SSSR count). The molecule has 28 heavy (non-hydrogen) atoms. The average Bonchev–Trinajstić information content (AvgIpc) is 2.61. The Morgan fingerprint density at radius 1 is 0.821 bits per heavy atom. The predicted molar refractivity (Wildman–Crippen MR) is 117 cm³/mol. The van der Waals surface area contributed by atoms with Crippen molar-refractivity contribution in [1.82, 2.24) is 0 Å². The van der Waals surface area contributed by atoms with Crippen LogP contribution in [0.15, 0.2) is 42.5 Å². The van der Waals surface area contributed by atoms with Crippen molar-refractivity contribution >= 4 is 5.97 Å². The van der Waals surface area contributed by atoms with Crippen molar-refractivity contribution < 1.29 is 15.0 Å². The number of carbonyl (C=O) groups is 1. The molecule has 0 aliphatic carbocycles. The molecule has 0 saturated carbocycles. The normalized spacial score (nSPS) is 12.1. The van der Waals surface area contributed by atoms with Gasteiger partial charge >= 0.3 is 5.97 Å². The molecule has 154 valence electrons. The summed E-state index contributed by atoms with van der Waals surface area (Å²) in [5.41, 5.74) is 4.23. The number of aromatic hydroxyl groups is 1. The third kappa shape index (κ3) is 7.03. The van der Waals surface area contributed by atoms with Gasteiger partial charge < -0.3 is 10.2 Å². The molecular formula is C25H36O3. The van der Waals surface area contributed by atoms with Crippen LogP contribution in [0, 0.1) is 5.92 Å². The van der Waals surface area contributed by atoms with E-state index < -0.39 is 11.9 Å². The van der Waals surface area contributed by atoms with Crippen LogP contribution in [0.4, 0.5) is 0 Å². The minimum atomic E-state index is -0.772. The molecule has 0 heterocycles. The second-order valence-electron chi connectivity index (χ2n) is 8.49. The Hall–Kier alpha value is -2.29. The minimum absolute atomic E-state index is 0.388. The monoisotopic (exact) mass is 384 g/mol. The lowest BCUT2D eigenvalue weighted by atomic mass is 9.94. The zero-order chi connectivity index (χ0) is 21.4. The summed E-state index contributed by atoms with van der Waals surface area (Å²) in [4.78, 5) is 10.8. The number of aliphatic carboxylic acids is 1. The average molecular weight is 385 g/mol. The van der Waals surface area contributed by atoms with Crippen LogP contribution in [0.25, 0.3) is 0 Å². The van der Waals surface area contributed by atoms with Crippen LogP contribution in [0.1, 0.15) is 88.5 Å². The highest BCUT2D eigenvalue weighted by Crippen LogP contribution is 2.32. The predicted octanol–water partition coefficient (Wildman–Crippen LogP) is 6.71. The molecule has 0 radical (unpaired) electrons. The number of hydrogen-bond donors (Lipinski definition) is 2. The zero-order valence-corrected chi connectivity index (χ0v) is 18.4. The van der Waals surface area contributed by atoms with Gasteiger partial charge in [0, 0.05) is 0 Å². The first kappa shape index (κ1) is 23.7. The Labute approximate surface area is 170 Å². The molecule has 0 aliphatic rings. The van der Waals surface area contributed by atoms with E-state index in [0.29, 0.717) is 23.5 Å². The Bertz CT molecular complexity index is 717. The lowest BCUT2D eigenvalue weighted by Gasteiger charge is -2.14. The van der Waals surface area contributed by atoms with Crippen LogP contribution in [-0.2, 0) is 11.2 Å². The summed E-state index contributed by atoms with van der Waals surface area (Å²) >= 11 is 0. The van der Waals surface area contributed by atoms with Crippen LogP contribution in [0.5, 0.6) is 5.75 Å². The fraction of sp³-hybridized carbons (Fsp3) is 0.480. The minimum Gasteiger partial charge on any atom is -0.507 e. The number of carboxylic acid groups (broad SMARTS) is 1. The number of carboxylic acids is 1. The van der Waals surface area contributed by atoms with Gasteiger partial charge in [-0.2, -0.15) is 0 Å². The summed E-state index contributed by atoms with van der Waals surface area (Å²) in [6.07, 6.45) is 1.04. The highest BCUT2D eigenvalue weighted by molar-refractivity contribution is 5.75. The number of benzene rings is 2. The molecular weight excluding hydrogens is 348 g/mol. The molecule has 0 bridgehead atoms. The maximum absolute atomic E-state index is 10.8. The summed E-state index contributed by atoms with van der Waals surface area (Å²) < 4.78 is 0. The topological polar surface area (TPSA) is 57.5 Å². The highest BCUT2D eigenvalue weighted by atomic mass is 16.4. The molecule has 3 heteroatoms. The third-order valence-corrected chi connectivity index (χ3v) is 4.84. The molecule has 3 nitrogen and oxygen atoms in total. The van der Waals surface area contributed by atoms with Crippen molar-refractivity contribution in [2.75, 3.05) is 0 Å². The van der Waals surface area contributed by atoms with E-state index in [9.17, 15) is 9.90 Å². The van der Waals surface area contributed by atoms with Gasteiger partial charge in [0.05, 0.1) is 5.92 Å². The first-order valence-electron chi connectivity index (χ1n) is 10.2. The van der Waals surface area contributed by atoms with Gasteiger partial charge in [0.25, 0.3) is 0 Å². The Morgan fingerprint density at radius 3 is 1.64 bits per heavy atom. The lowest BCUT2D eigenvalue weighted by Crippen LogP contribution is -2.07. The van der Waals surface area contributed by atoms with E-state index in [-0.39, 0.29) is 0 Å². The molecule has 0 spiro atoms. The molecule has 0 aromatic heterocycles. The summed E-state index contributed by atoms with van der Waals surface area (Å²) in [5.74, 6) is 0.697. The fourth-order valence-electron chi connectivity index (χ4n) is 3.07. The molecule has 1 unspecified atom stereocenters. The van der Waals surface area contributed by atoms with Crippen molar-refractivity contribution in [1.29, 1.82) is 0 Å². The molecule has 2 N–H and O–H groups in total. The maximum atomic E-state index is 10.8. The van der Waals surface area contributed by atoms with E-state index in [1.54, 1.807) is 6.92 Å². The first-order chi connectivity index (χ1) is 13.0. The van der Waals surface area contributed by atoms with E-state index in [1.165, 1.54) is 5.56 Å². The van der Waals surface area contributed by atoms with Gasteiger partial charge in [-0.1, -0.05) is 84.0 Å². The molecule has 0 aliphatic heterocycles. The van der Waals surface area contributed by atoms with E-state index in [2.05, 4.69) is 41.5 Å². The molecule has 2 aromatic carbocycles. The smallest absolute Gasteiger partial charge is 0.310 e. The van der Waals surface area contributed by atoms with E-state index >= 15 is 0 Å². The molecule has 1 atom stereocenters. The van der Waals surface area contributed by atoms with Crippen LogP contribution < -0.4 is 0 Å². The Morgan fingerprint density at radius 2 is 1.29 bits per heavy atom. The van der Waals surface area contributed by atoms with Gasteiger partial charge in [0.2, 0.25) is 0 Å². The van der Waals surface area contributed by atoms with E-state index in [4.69, 9.17) is 5.11 Å². The van der Waals surface area contributed by atoms with Crippen LogP contribution in [-0.4, -0.2) is 16.2 Å². The van der Waals surface area contributed by atoms with Crippen molar-refractivity contribution in [2.45, 2.75) is 72.6 Å². The van der Waals surface area contributed by atoms with Gasteiger partial charge in [0.1, 0.15) is 5.75 Å². The fourth-order valence-corrected chi connectivity index (χ4v) is 3.07. The van der Waals surface area contributed by atoms with Crippen molar-refractivity contribution in [3.8, 4) is 5.75 Å². The second kappa shape index (κ2) is 10.9.